The minimum atomic E-state index is -0.482. The molecule has 216 valence electrons. The van der Waals surface area contributed by atoms with Crippen molar-refractivity contribution in [3.8, 4) is 11.5 Å². The molecule has 1 aliphatic carbocycles. The van der Waals surface area contributed by atoms with Crippen LogP contribution < -0.4 is 0 Å². The van der Waals surface area contributed by atoms with Crippen LogP contribution in [0.15, 0.2) is 34.3 Å². The fourth-order valence-electron chi connectivity index (χ4n) is 4.92. The lowest BCUT2D eigenvalue weighted by Crippen LogP contribution is -2.27. The van der Waals surface area contributed by atoms with Crippen LogP contribution in [0.3, 0.4) is 0 Å². The normalized spacial score (nSPS) is 18.3. The van der Waals surface area contributed by atoms with Crippen molar-refractivity contribution >= 4 is 24.4 Å². The maximum absolute atomic E-state index is 12.3. The smallest absolute Gasteiger partial charge is 0.337 e. The van der Waals surface area contributed by atoms with E-state index in [0.29, 0.717) is 33.4 Å². The summed E-state index contributed by atoms with van der Waals surface area (Å²) >= 11 is 0. The van der Waals surface area contributed by atoms with Gasteiger partial charge < -0.3 is 19.7 Å². The number of hydrogen-bond acceptors (Lipinski definition) is 8. The summed E-state index contributed by atoms with van der Waals surface area (Å²) in [4.78, 5) is 34.2. The molecule has 2 N–H and O–H groups in total. The SMILES string of the molecule is COC(=O)c1cc(C=N[C@@H]2CCCC[C@H]2N=Cc2cc(C(=O)OC)cc(C(C)(C)C)c2O)c(O)c(C(C)(C)C)c1. The summed E-state index contributed by atoms with van der Waals surface area (Å²) in [6, 6.07) is 6.19. The zero-order valence-electron chi connectivity index (χ0n) is 24.9. The molecule has 1 fully saturated rings. The maximum atomic E-state index is 12.3. The van der Waals surface area contributed by atoms with E-state index in [9.17, 15) is 19.8 Å². The summed E-state index contributed by atoms with van der Waals surface area (Å²) < 4.78 is 9.84. The van der Waals surface area contributed by atoms with Crippen molar-refractivity contribution in [2.45, 2.75) is 90.1 Å². The molecule has 0 aromatic heterocycles. The molecule has 1 saturated carbocycles. The van der Waals surface area contributed by atoms with Crippen molar-refractivity contribution in [3.05, 3.63) is 57.6 Å². The number of phenols is 2. The predicted molar refractivity (Wildman–Crippen MR) is 158 cm³/mol. The van der Waals surface area contributed by atoms with E-state index in [4.69, 9.17) is 19.5 Å². The second kappa shape index (κ2) is 12.2. The minimum absolute atomic E-state index is 0.0824. The van der Waals surface area contributed by atoms with Crippen LogP contribution in [0, 0.1) is 0 Å². The van der Waals surface area contributed by atoms with Crippen LogP contribution in [0.5, 0.6) is 11.5 Å². The molecule has 0 saturated heterocycles. The average Bonchev–Trinajstić information content (AvgIpc) is 2.90. The van der Waals surface area contributed by atoms with Crippen LogP contribution >= 0.6 is 0 Å². The van der Waals surface area contributed by atoms with E-state index in [1.54, 1.807) is 36.7 Å². The van der Waals surface area contributed by atoms with E-state index >= 15 is 0 Å². The third-order valence-corrected chi connectivity index (χ3v) is 7.24. The third-order valence-electron chi connectivity index (χ3n) is 7.24. The molecule has 2 aromatic carbocycles. The van der Waals surface area contributed by atoms with Crippen LogP contribution in [0.2, 0.25) is 0 Å². The summed E-state index contributed by atoms with van der Waals surface area (Å²) in [6.45, 7) is 11.8. The highest BCUT2D eigenvalue weighted by atomic mass is 16.5. The van der Waals surface area contributed by atoms with E-state index in [-0.39, 0.29) is 23.6 Å². The zero-order valence-corrected chi connectivity index (χ0v) is 24.9. The summed E-state index contributed by atoms with van der Waals surface area (Å²) in [5, 5.41) is 22.1. The maximum Gasteiger partial charge on any atom is 0.337 e. The van der Waals surface area contributed by atoms with Gasteiger partial charge in [0, 0.05) is 34.7 Å². The number of ether oxygens (including phenoxy) is 2. The van der Waals surface area contributed by atoms with Crippen LogP contribution in [0.25, 0.3) is 0 Å². The topological polar surface area (TPSA) is 118 Å². The Bertz CT molecular complexity index is 1210. The Morgan fingerprint density at radius 1 is 0.725 bits per heavy atom. The van der Waals surface area contributed by atoms with Gasteiger partial charge in [0.05, 0.1) is 37.4 Å². The monoisotopic (exact) mass is 550 g/mol. The molecule has 0 unspecified atom stereocenters. The number of hydrogen-bond donors (Lipinski definition) is 2. The van der Waals surface area contributed by atoms with Gasteiger partial charge in [-0.05, 0) is 47.9 Å². The van der Waals surface area contributed by atoms with Gasteiger partial charge >= 0.3 is 11.9 Å². The average molecular weight is 551 g/mol. The summed E-state index contributed by atoms with van der Waals surface area (Å²) in [6.07, 6.45) is 6.83. The highest BCUT2D eigenvalue weighted by Gasteiger charge is 2.27. The minimum Gasteiger partial charge on any atom is -0.507 e. The Balaban J connectivity index is 1.98. The molecule has 0 spiro atoms. The summed E-state index contributed by atoms with van der Waals surface area (Å²) in [5.74, 6) is -0.800. The second-order valence-corrected chi connectivity index (χ2v) is 12.4. The molecule has 0 aliphatic heterocycles. The van der Waals surface area contributed by atoms with Gasteiger partial charge in [0.25, 0.3) is 0 Å². The van der Waals surface area contributed by atoms with E-state index < -0.39 is 22.8 Å². The van der Waals surface area contributed by atoms with Crippen molar-refractivity contribution in [1.82, 2.24) is 0 Å². The number of carbonyl (C=O) groups excluding carboxylic acids is 2. The number of esters is 2. The van der Waals surface area contributed by atoms with E-state index in [1.165, 1.54) is 14.2 Å². The number of phenolic OH excluding ortho intramolecular Hbond substituents is 2. The fourth-order valence-corrected chi connectivity index (χ4v) is 4.92. The van der Waals surface area contributed by atoms with Gasteiger partial charge in [0.15, 0.2) is 0 Å². The molecule has 0 bridgehead atoms. The third kappa shape index (κ3) is 7.09. The van der Waals surface area contributed by atoms with Crippen molar-refractivity contribution in [2.75, 3.05) is 14.2 Å². The Morgan fingerprint density at radius 3 is 1.38 bits per heavy atom. The Hall–Kier alpha value is -3.68. The molecule has 8 nitrogen and oxygen atoms in total. The molecular formula is C32H42N2O6. The molecule has 2 atom stereocenters. The molecule has 1 aliphatic rings. The highest BCUT2D eigenvalue weighted by Crippen LogP contribution is 2.36. The number of methoxy groups -OCH3 is 2. The van der Waals surface area contributed by atoms with Gasteiger partial charge in [-0.3, -0.25) is 9.98 Å². The first-order chi connectivity index (χ1) is 18.7. The van der Waals surface area contributed by atoms with E-state index in [0.717, 1.165) is 25.7 Å². The predicted octanol–water partition coefficient (Wildman–Crippen LogP) is 6.12. The zero-order chi connectivity index (χ0) is 29.8. The lowest BCUT2D eigenvalue weighted by molar-refractivity contribution is 0.0591. The van der Waals surface area contributed by atoms with Crippen molar-refractivity contribution < 1.29 is 29.3 Å². The largest absolute Gasteiger partial charge is 0.507 e. The van der Waals surface area contributed by atoms with E-state index in [1.807, 2.05) is 41.5 Å². The molecule has 2 aromatic rings. The summed E-state index contributed by atoms with van der Waals surface area (Å²) in [5.41, 5.74) is 2.04. The van der Waals surface area contributed by atoms with Crippen LogP contribution in [0.4, 0.5) is 0 Å². The van der Waals surface area contributed by atoms with Gasteiger partial charge in [0.1, 0.15) is 11.5 Å². The highest BCUT2D eigenvalue weighted by molar-refractivity contribution is 5.95. The standard InChI is InChI=1S/C32H42N2O6/c1-31(2,3)23-15-19(29(37)39-7)13-21(27(23)35)17-33-25-11-9-10-12-26(25)34-18-22-14-20(30(38)40-8)16-24(28(22)36)32(4,5)6/h13-18,25-26,35-36H,9-12H2,1-8H3/t25-,26-/m1/s1. The number of rotatable bonds is 6. The first kappa shape index (κ1) is 30.9. The van der Waals surface area contributed by atoms with Crippen LogP contribution in [0.1, 0.15) is 110 Å². The fraction of sp³-hybridized carbons (Fsp3) is 0.500. The molecular weight excluding hydrogens is 508 g/mol. The van der Waals surface area contributed by atoms with Crippen molar-refractivity contribution in [3.63, 3.8) is 0 Å². The van der Waals surface area contributed by atoms with Crippen molar-refractivity contribution in [1.29, 1.82) is 0 Å². The van der Waals surface area contributed by atoms with Gasteiger partial charge in [-0.1, -0.05) is 54.4 Å². The quantitative estimate of drug-likeness (QED) is 0.331. The van der Waals surface area contributed by atoms with Crippen molar-refractivity contribution in [2.24, 2.45) is 9.98 Å². The number of benzene rings is 2. The van der Waals surface area contributed by atoms with Gasteiger partial charge in [-0.2, -0.15) is 0 Å². The lowest BCUT2D eigenvalue weighted by atomic mass is 9.84. The van der Waals surface area contributed by atoms with Gasteiger partial charge in [-0.15, -0.1) is 0 Å². The first-order valence-electron chi connectivity index (χ1n) is 13.6. The molecule has 0 heterocycles. The van der Waals surface area contributed by atoms with E-state index in [2.05, 4.69) is 0 Å². The lowest BCUT2D eigenvalue weighted by Gasteiger charge is -2.26. The molecule has 0 radical (unpaired) electrons. The Kier molecular flexibility index (Phi) is 9.44. The first-order valence-corrected chi connectivity index (χ1v) is 13.6. The number of aliphatic imine (C=N–C) groups is 2. The van der Waals surface area contributed by atoms with Crippen LogP contribution in [-0.4, -0.2) is 60.9 Å². The van der Waals surface area contributed by atoms with Crippen LogP contribution in [-0.2, 0) is 20.3 Å². The molecule has 3 rings (SSSR count). The Labute approximate surface area is 237 Å². The summed E-state index contributed by atoms with van der Waals surface area (Å²) in [7, 11) is 2.65. The molecule has 0 amide bonds. The molecule has 8 heteroatoms. The van der Waals surface area contributed by atoms with Gasteiger partial charge in [0.2, 0.25) is 0 Å². The van der Waals surface area contributed by atoms with Gasteiger partial charge in [-0.25, -0.2) is 9.59 Å². The second-order valence-electron chi connectivity index (χ2n) is 12.4. The Morgan fingerprint density at radius 2 is 1.07 bits per heavy atom. The molecule has 40 heavy (non-hydrogen) atoms. The number of carbonyl (C=O) groups is 2. The number of aromatic hydroxyl groups is 2. The number of nitrogens with zero attached hydrogens (tertiary/aromatic N) is 2.